The normalized spacial score (nSPS) is 21.8. The van der Waals surface area contributed by atoms with E-state index in [0.717, 1.165) is 57.5 Å². The van der Waals surface area contributed by atoms with Crippen LogP contribution in [0.1, 0.15) is 25.7 Å². The van der Waals surface area contributed by atoms with Gasteiger partial charge < -0.3 is 26.2 Å². The van der Waals surface area contributed by atoms with E-state index in [2.05, 4.69) is 33.2 Å². The lowest BCUT2D eigenvalue weighted by atomic mass is 9.99. The summed E-state index contributed by atoms with van der Waals surface area (Å²) in [7, 11) is 2.10. The SMILES string of the molecule is CN1CCC(NC(=O)Nc2ccc(NC(=O)C3CCCNC3)cc2)CC1. The van der Waals surface area contributed by atoms with Gasteiger partial charge in [-0.05, 0) is 76.6 Å². The van der Waals surface area contributed by atoms with Crippen molar-refractivity contribution in [3.05, 3.63) is 24.3 Å². The zero-order chi connectivity index (χ0) is 18.4. The summed E-state index contributed by atoms with van der Waals surface area (Å²) in [6.07, 6.45) is 3.92. The molecule has 1 unspecified atom stereocenters. The quantitative estimate of drug-likeness (QED) is 0.661. The lowest BCUT2D eigenvalue weighted by Crippen LogP contribution is -2.44. The molecule has 4 N–H and O–H groups in total. The van der Waals surface area contributed by atoms with Crippen LogP contribution < -0.4 is 21.3 Å². The van der Waals surface area contributed by atoms with Gasteiger partial charge in [-0.25, -0.2) is 4.79 Å². The minimum absolute atomic E-state index is 0.0295. The predicted molar refractivity (Wildman–Crippen MR) is 103 cm³/mol. The maximum absolute atomic E-state index is 12.2. The van der Waals surface area contributed by atoms with Crippen LogP contribution in [0, 0.1) is 5.92 Å². The molecule has 1 atom stereocenters. The molecule has 2 heterocycles. The van der Waals surface area contributed by atoms with Gasteiger partial charge in [-0.2, -0.15) is 0 Å². The van der Waals surface area contributed by atoms with Gasteiger partial charge in [-0.1, -0.05) is 0 Å². The van der Waals surface area contributed by atoms with E-state index in [1.165, 1.54) is 0 Å². The van der Waals surface area contributed by atoms with E-state index in [1.807, 2.05) is 24.3 Å². The van der Waals surface area contributed by atoms with Crippen molar-refractivity contribution in [3.63, 3.8) is 0 Å². The Balaban J connectivity index is 1.44. The number of piperidine rings is 2. The zero-order valence-corrected chi connectivity index (χ0v) is 15.4. The van der Waals surface area contributed by atoms with E-state index in [9.17, 15) is 9.59 Å². The highest BCUT2D eigenvalue weighted by Gasteiger charge is 2.21. The van der Waals surface area contributed by atoms with Crippen molar-refractivity contribution in [2.45, 2.75) is 31.7 Å². The van der Waals surface area contributed by atoms with Gasteiger partial charge in [0.2, 0.25) is 5.91 Å². The van der Waals surface area contributed by atoms with Crippen LogP contribution in [0.3, 0.4) is 0 Å². The Morgan fingerprint density at radius 2 is 1.69 bits per heavy atom. The first-order valence-electron chi connectivity index (χ1n) is 9.48. The Morgan fingerprint density at radius 3 is 2.31 bits per heavy atom. The van der Waals surface area contributed by atoms with Crippen LogP contribution in [0.5, 0.6) is 0 Å². The number of nitrogens with one attached hydrogen (secondary N) is 4. The third kappa shape index (κ3) is 5.44. The first-order chi connectivity index (χ1) is 12.6. The average molecular weight is 359 g/mol. The van der Waals surface area contributed by atoms with Crippen molar-refractivity contribution in [3.8, 4) is 0 Å². The summed E-state index contributed by atoms with van der Waals surface area (Å²) >= 11 is 0. The van der Waals surface area contributed by atoms with Crippen molar-refractivity contribution in [2.24, 2.45) is 5.92 Å². The van der Waals surface area contributed by atoms with Crippen molar-refractivity contribution in [1.82, 2.24) is 15.5 Å². The van der Waals surface area contributed by atoms with E-state index in [-0.39, 0.29) is 23.9 Å². The summed E-state index contributed by atoms with van der Waals surface area (Å²) in [6.45, 7) is 3.75. The molecule has 0 aliphatic carbocycles. The number of benzene rings is 1. The molecular formula is C19H29N5O2. The Hall–Kier alpha value is -2.12. The first-order valence-corrected chi connectivity index (χ1v) is 9.48. The van der Waals surface area contributed by atoms with Gasteiger partial charge in [0.25, 0.3) is 0 Å². The smallest absolute Gasteiger partial charge is 0.319 e. The van der Waals surface area contributed by atoms with Crippen LogP contribution in [0.4, 0.5) is 16.2 Å². The fourth-order valence-corrected chi connectivity index (χ4v) is 3.46. The summed E-state index contributed by atoms with van der Waals surface area (Å²) in [5, 5.41) is 12.1. The molecule has 3 rings (SSSR count). The summed E-state index contributed by atoms with van der Waals surface area (Å²) in [4.78, 5) is 26.6. The number of hydrogen-bond acceptors (Lipinski definition) is 4. The molecule has 0 bridgehead atoms. The number of carbonyl (C=O) groups excluding carboxylic acids is 2. The number of rotatable bonds is 4. The topological polar surface area (TPSA) is 85.5 Å². The number of carbonyl (C=O) groups is 2. The molecule has 0 spiro atoms. The number of urea groups is 1. The Bertz CT molecular complexity index is 605. The fraction of sp³-hybridized carbons (Fsp3) is 0.579. The second kappa shape index (κ2) is 9.00. The maximum Gasteiger partial charge on any atom is 0.319 e. The van der Waals surface area contributed by atoms with E-state index in [0.29, 0.717) is 5.69 Å². The van der Waals surface area contributed by atoms with Gasteiger partial charge >= 0.3 is 6.03 Å². The van der Waals surface area contributed by atoms with Gasteiger partial charge in [0.1, 0.15) is 0 Å². The number of nitrogens with zero attached hydrogens (tertiary/aromatic N) is 1. The maximum atomic E-state index is 12.2. The molecule has 2 aliphatic heterocycles. The average Bonchev–Trinajstić information content (AvgIpc) is 2.66. The molecule has 2 saturated heterocycles. The lowest BCUT2D eigenvalue weighted by molar-refractivity contribution is -0.120. The molecule has 0 radical (unpaired) electrons. The molecule has 1 aromatic rings. The highest BCUT2D eigenvalue weighted by atomic mass is 16.2. The van der Waals surface area contributed by atoms with E-state index >= 15 is 0 Å². The third-order valence-corrected chi connectivity index (χ3v) is 5.13. The van der Waals surface area contributed by atoms with Crippen LogP contribution in [0.15, 0.2) is 24.3 Å². The molecular weight excluding hydrogens is 330 g/mol. The number of likely N-dealkylation sites (tertiary alicyclic amines) is 1. The van der Waals surface area contributed by atoms with Crippen molar-refractivity contribution < 1.29 is 9.59 Å². The van der Waals surface area contributed by atoms with E-state index in [1.54, 1.807) is 0 Å². The van der Waals surface area contributed by atoms with Gasteiger partial charge in [0.05, 0.1) is 5.92 Å². The van der Waals surface area contributed by atoms with E-state index in [4.69, 9.17) is 0 Å². The molecule has 1 aromatic carbocycles. The third-order valence-electron chi connectivity index (χ3n) is 5.13. The predicted octanol–water partition coefficient (Wildman–Crippen LogP) is 1.84. The summed E-state index contributed by atoms with van der Waals surface area (Å²) in [5.74, 6) is 0.0831. The summed E-state index contributed by atoms with van der Waals surface area (Å²) < 4.78 is 0. The summed E-state index contributed by atoms with van der Waals surface area (Å²) in [5.41, 5.74) is 1.47. The zero-order valence-electron chi connectivity index (χ0n) is 15.4. The van der Waals surface area contributed by atoms with Crippen molar-refractivity contribution in [2.75, 3.05) is 43.9 Å². The molecule has 2 fully saturated rings. The Labute approximate surface area is 154 Å². The molecule has 0 aromatic heterocycles. The summed E-state index contributed by atoms with van der Waals surface area (Å²) in [6, 6.07) is 7.31. The monoisotopic (exact) mass is 359 g/mol. The number of anilines is 2. The fourth-order valence-electron chi connectivity index (χ4n) is 3.46. The van der Waals surface area contributed by atoms with Gasteiger partial charge in [0.15, 0.2) is 0 Å². The minimum atomic E-state index is -0.176. The highest BCUT2D eigenvalue weighted by Crippen LogP contribution is 2.17. The van der Waals surface area contributed by atoms with Crippen LogP contribution >= 0.6 is 0 Å². The second-order valence-electron chi connectivity index (χ2n) is 7.29. The molecule has 0 saturated carbocycles. The van der Waals surface area contributed by atoms with Gasteiger partial charge in [-0.15, -0.1) is 0 Å². The number of hydrogen-bond donors (Lipinski definition) is 4. The van der Waals surface area contributed by atoms with Crippen LogP contribution in [0.25, 0.3) is 0 Å². The van der Waals surface area contributed by atoms with Gasteiger partial charge in [-0.3, -0.25) is 4.79 Å². The van der Waals surface area contributed by atoms with E-state index < -0.39 is 0 Å². The Kier molecular flexibility index (Phi) is 6.46. The lowest BCUT2D eigenvalue weighted by Gasteiger charge is -2.29. The van der Waals surface area contributed by atoms with Crippen LogP contribution in [0.2, 0.25) is 0 Å². The molecule has 26 heavy (non-hydrogen) atoms. The molecule has 7 nitrogen and oxygen atoms in total. The molecule has 7 heteroatoms. The largest absolute Gasteiger partial charge is 0.335 e. The van der Waals surface area contributed by atoms with Crippen LogP contribution in [-0.2, 0) is 4.79 Å². The van der Waals surface area contributed by atoms with Crippen LogP contribution in [-0.4, -0.2) is 56.1 Å². The standard InChI is InChI=1S/C19H29N5O2/c1-24-11-8-17(9-12-24)23-19(26)22-16-6-4-15(5-7-16)21-18(25)14-3-2-10-20-13-14/h4-7,14,17,20H,2-3,8-13H2,1H3,(H,21,25)(H2,22,23,26). The van der Waals surface area contributed by atoms with Gasteiger partial charge in [0, 0.05) is 24.0 Å². The minimum Gasteiger partial charge on any atom is -0.335 e. The van der Waals surface area contributed by atoms with Crippen molar-refractivity contribution >= 4 is 23.3 Å². The second-order valence-corrected chi connectivity index (χ2v) is 7.29. The Morgan fingerprint density at radius 1 is 1.04 bits per heavy atom. The highest BCUT2D eigenvalue weighted by molar-refractivity contribution is 5.93. The molecule has 2 aliphatic rings. The first kappa shape index (κ1) is 18.7. The molecule has 142 valence electrons. The van der Waals surface area contributed by atoms with Crippen molar-refractivity contribution in [1.29, 1.82) is 0 Å². The number of amides is 3. The molecule has 3 amide bonds.